The van der Waals surface area contributed by atoms with E-state index in [-0.39, 0.29) is 6.03 Å². The van der Waals surface area contributed by atoms with E-state index in [9.17, 15) is 4.79 Å². The van der Waals surface area contributed by atoms with E-state index in [0.29, 0.717) is 6.54 Å². The normalized spacial score (nSPS) is 14.4. The van der Waals surface area contributed by atoms with Crippen molar-refractivity contribution in [3.05, 3.63) is 34.3 Å². The molecule has 0 unspecified atom stereocenters. The predicted molar refractivity (Wildman–Crippen MR) is 67.4 cm³/mol. The van der Waals surface area contributed by atoms with Crippen LogP contribution in [-0.2, 0) is 6.42 Å². The summed E-state index contributed by atoms with van der Waals surface area (Å²) in [5.74, 6) is 0. The molecule has 0 aliphatic carbocycles. The molecule has 3 nitrogen and oxygen atoms in total. The van der Waals surface area contributed by atoms with Crippen LogP contribution in [0.25, 0.3) is 0 Å². The zero-order valence-electron chi connectivity index (χ0n) is 9.08. The Bertz CT molecular complexity index is 377. The maximum atomic E-state index is 11.5. The van der Waals surface area contributed by atoms with Gasteiger partial charge in [0, 0.05) is 24.1 Å². The third-order valence-electron chi connectivity index (χ3n) is 2.77. The summed E-state index contributed by atoms with van der Waals surface area (Å²) in [6.07, 6.45) is 2.00. The first-order chi connectivity index (χ1) is 7.77. The Morgan fingerprint density at radius 1 is 1.38 bits per heavy atom. The van der Waals surface area contributed by atoms with E-state index in [2.05, 4.69) is 27.3 Å². The molecule has 1 aromatic rings. The molecule has 0 aromatic heterocycles. The zero-order chi connectivity index (χ0) is 11.4. The maximum Gasteiger partial charge on any atom is 0.317 e. The molecule has 0 radical (unpaired) electrons. The monoisotopic (exact) mass is 282 g/mol. The second-order valence-corrected chi connectivity index (χ2v) is 4.77. The first-order valence-corrected chi connectivity index (χ1v) is 6.33. The summed E-state index contributed by atoms with van der Waals surface area (Å²) in [7, 11) is 0. The van der Waals surface area contributed by atoms with Crippen molar-refractivity contribution in [1.82, 2.24) is 10.2 Å². The number of rotatable bonds is 3. The van der Waals surface area contributed by atoms with Gasteiger partial charge in [-0.2, -0.15) is 0 Å². The van der Waals surface area contributed by atoms with Gasteiger partial charge in [-0.1, -0.05) is 34.1 Å². The summed E-state index contributed by atoms with van der Waals surface area (Å²) in [6, 6.07) is 8.16. The minimum absolute atomic E-state index is 0.0679. The quantitative estimate of drug-likeness (QED) is 0.907. The van der Waals surface area contributed by atoms with Crippen LogP contribution in [0.2, 0.25) is 0 Å². The molecule has 16 heavy (non-hydrogen) atoms. The molecule has 1 aliphatic rings. The first-order valence-electron chi connectivity index (χ1n) is 5.53. The topological polar surface area (TPSA) is 32.3 Å². The maximum absolute atomic E-state index is 11.5. The van der Waals surface area contributed by atoms with E-state index in [1.54, 1.807) is 0 Å². The highest BCUT2D eigenvalue weighted by atomic mass is 79.9. The average Bonchev–Trinajstić information content (AvgIpc) is 2.18. The van der Waals surface area contributed by atoms with Crippen molar-refractivity contribution in [3.63, 3.8) is 0 Å². The summed E-state index contributed by atoms with van der Waals surface area (Å²) in [5, 5.41) is 2.93. The Morgan fingerprint density at radius 2 is 2.12 bits per heavy atom. The van der Waals surface area contributed by atoms with Crippen molar-refractivity contribution in [1.29, 1.82) is 0 Å². The van der Waals surface area contributed by atoms with Gasteiger partial charge in [0.25, 0.3) is 0 Å². The Hall–Kier alpha value is -1.03. The SMILES string of the molecule is O=C(NCCc1ccccc1Br)N1CCC1. The van der Waals surface area contributed by atoms with Crippen LogP contribution in [0, 0.1) is 0 Å². The molecule has 0 spiro atoms. The van der Waals surface area contributed by atoms with E-state index in [0.717, 1.165) is 30.4 Å². The second kappa shape index (κ2) is 5.34. The zero-order valence-corrected chi connectivity index (χ0v) is 10.7. The standard InChI is InChI=1S/C12H15BrN2O/c13-11-5-2-1-4-10(11)6-7-14-12(16)15-8-3-9-15/h1-2,4-5H,3,6-9H2,(H,14,16). The number of likely N-dealkylation sites (tertiary alicyclic amines) is 1. The Balaban J connectivity index is 1.75. The highest BCUT2D eigenvalue weighted by Gasteiger charge is 2.19. The molecule has 0 atom stereocenters. The van der Waals surface area contributed by atoms with Crippen molar-refractivity contribution >= 4 is 22.0 Å². The van der Waals surface area contributed by atoms with Gasteiger partial charge in [-0.3, -0.25) is 0 Å². The highest BCUT2D eigenvalue weighted by Crippen LogP contribution is 2.15. The molecule has 1 saturated heterocycles. The third-order valence-corrected chi connectivity index (χ3v) is 3.55. The summed E-state index contributed by atoms with van der Waals surface area (Å²) in [5.41, 5.74) is 1.23. The minimum Gasteiger partial charge on any atom is -0.338 e. The lowest BCUT2D eigenvalue weighted by molar-refractivity contribution is 0.168. The molecule has 0 bridgehead atoms. The van der Waals surface area contributed by atoms with Crippen LogP contribution >= 0.6 is 15.9 Å². The Labute approximate surface area is 104 Å². The van der Waals surface area contributed by atoms with Crippen LogP contribution in [0.1, 0.15) is 12.0 Å². The van der Waals surface area contributed by atoms with Crippen LogP contribution < -0.4 is 5.32 Å². The molecule has 1 aliphatic heterocycles. The van der Waals surface area contributed by atoms with Crippen LogP contribution in [0.5, 0.6) is 0 Å². The molecule has 4 heteroatoms. The molecule has 86 valence electrons. The largest absolute Gasteiger partial charge is 0.338 e. The molecule has 1 fully saturated rings. The fourth-order valence-electron chi connectivity index (χ4n) is 1.64. The number of urea groups is 1. The smallest absolute Gasteiger partial charge is 0.317 e. The summed E-state index contributed by atoms with van der Waals surface area (Å²) < 4.78 is 1.10. The highest BCUT2D eigenvalue weighted by molar-refractivity contribution is 9.10. The molecule has 2 amide bonds. The van der Waals surface area contributed by atoms with Crippen LogP contribution in [0.15, 0.2) is 28.7 Å². The summed E-state index contributed by atoms with van der Waals surface area (Å²) in [4.78, 5) is 13.3. The molecule has 0 saturated carbocycles. The fourth-order valence-corrected chi connectivity index (χ4v) is 2.12. The summed E-state index contributed by atoms with van der Waals surface area (Å²) in [6.45, 7) is 2.50. The molecular formula is C12H15BrN2O. The molecular weight excluding hydrogens is 268 g/mol. The van der Waals surface area contributed by atoms with E-state index >= 15 is 0 Å². The molecule has 1 aromatic carbocycles. The van der Waals surface area contributed by atoms with Gasteiger partial charge >= 0.3 is 6.03 Å². The average molecular weight is 283 g/mol. The predicted octanol–water partition coefficient (Wildman–Crippen LogP) is 2.41. The van der Waals surface area contributed by atoms with Crippen LogP contribution in [0.4, 0.5) is 4.79 Å². The number of nitrogens with one attached hydrogen (secondary N) is 1. The number of carbonyl (C=O) groups excluding carboxylic acids is 1. The van der Waals surface area contributed by atoms with Crippen molar-refractivity contribution in [3.8, 4) is 0 Å². The molecule has 1 heterocycles. The van der Waals surface area contributed by atoms with Gasteiger partial charge in [0.05, 0.1) is 0 Å². The lowest BCUT2D eigenvalue weighted by Crippen LogP contribution is -2.48. The van der Waals surface area contributed by atoms with Gasteiger partial charge in [0.15, 0.2) is 0 Å². The van der Waals surface area contributed by atoms with E-state index in [1.807, 2.05) is 23.1 Å². The third kappa shape index (κ3) is 2.76. The number of amides is 2. The van der Waals surface area contributed by atoms with Gasteiger partial charge in [-0.05, 0) is 24.5 Å². The summed E-state index contributed by atoms with van der Waals surface area (Å²) >= 11 is 3.49. The number of carbonyl (C=O) groups is 1. The minimum atomic E-state index is 0.0679. The number of halogens is 1. The number of nitrogens with zero attached hydrogens (tertiary/aromatic N) is 1. The molecule has 2 rings (SSSR count). The molecule has 1 N–H and O–H groups in total. The fraction of sp³-hybridized carbons (Fsp3) is 0.417. The van der Waals surface area contributed by atoms with Gasteiger partial charge < -0.3 is 10.2 Å². The van der Waals surface area contributed by atoms with Crippen LogP contribution in [-0.4, -0.2) is 30.6 Å². The van der Waals surface area contributed by atoms with E-state index < -0.39 is 0 Å². The van der Waals surface area contributed by atoms with Crippen molar-refractivity contribution in [2.45, 2.75) is 12.8 Å². The van der Waals surface area contributed by atoms with Gasteiger partial charge in [0.2, 0.25) is 0 Å². The van der Waals surface area contributed by atoms with Gasteiger partial charge in [0.1, 0.15) is 0 Å². The van der Waals surface area contributed by atoms with E-state index in [4.69, 9.17) is 0 Å². The van der Waals surface area contributed by atoms with E-state index in [1.165, 1.54) is 5.56 Å². The van der Waals surface area contributed by atoms with Crippen molar-refractivity contribution in [2.75, 3.05) is 19.6 Å². The number of hydrogen-bond donors (Lipinski definition) is 1. The second-order valence-electron chi connectivity index (χ2n) is 3.91. The van der Waals surface area contributed by atoms with Crippen molar-refractivity contribution < 1.29 is 4.79 Å². The number of benzene rings is 1. The lowest BCUT2D eigenvalue weighted by Gasteiger charge is -2.30. The van der Waals surface area contributed by atoms with Crippen molar-refractivity contribution in [2.24, 2.45) is 0 Å². The Kier molecular flexibility index (Phi) is 3.83. The van der Waals surface area contributed by atoms with Gasteiger partial charge in [-0.25, -0.2) is 4.79 Å². The lowest BCUT2D eigenvalue weighted by atomic mass is 10.1. The first kappa shape index (κ1) is 11.5. The number of hydrogen-bond acceptors (Lipinski definition) is 1. The van der Waals surface area contributed by atoms with Gasteiger partial charge in [-0.15, -0.1) is 0 Å². The van der Waals surface area contributed by atoms with Crippen LogP contribution in [0.3, 0.4) is 0 Å². The Morgan fingerprint density at radius 3 is 2.75 bits per heavy atom.